The molecule has 2 rings (SSSR count). The molecule has 0 aliphatic carbocycles. The van der Waals surface area contributed by atoms with Crippen LogP contribution in [0.3, 0.4) is 0 Å². The topological polar surface area (TPSA) is 83.8 Å². The summed E-state index contributed by atoms with van der Waals surface area (Å²) in [6.45, 7) is 2.14. The number of benzene rings is 2. The Labute approximate surface area is 142 Å². The van der Waals surface area contributed by atoms with E-state index < -0.39 is 10.1 Å². The minimum absolute atomic E-state index is 0.0282. The first-order chi connectivity index (χ1) is 11.4. The number of phenols is 1. The Kier molecular flexibility index (Phi) is 6.23. The predicted molar refractivity (Wildman–Crippen MR) is 92.3 cm³/mol. The lowest BCUT2D eigenvalue weighted by Crippen LogP contribution is -2.01. The van der Waals surface area contributed by atoms with E-state index in [1.54, 1.807) is 18.2 Å². The zero-order valence-corrected chi connectivity index (χ0v) is 14.4. The van der Waals surface area contributed by atoms with Crippen LogP contribution in [0.5, 0.6) is 17.2 Å². The van der Waals surface area contributed by atoms with Gasteiger partial charge >= 0.3 is 0 Å². The molecule has 24 heavy (non-hydrogen) atoms. The maximum atomic E-state index is 11.5. The third-order valence-corrected chi connectivity index (χ3v) is 4.59. The minimum atomic E-state index is -4.39. The van der Waals surface area contributed by atoms with Crippen molar-refractivity contribution < 1.29 is 22.8 Å². The van der Waals surface area contributed by atoms with Crippen LogP contribution in [0.2, 0.25) is 0 Å². The molecule has 0 spiro atoms. The van der Waals surface area contributed by atoms with E-state index >= 15 is 0 Å². The summed E-state index contributed by atoms with van der Waals surface area (Å²) in [4.78, 5) is -0.301. The van der Waals surface area contributed by atoms with Crippen LogP contribution in [0.25, 0.3) is 0 Å². The van der Waals surface area contributed by atoms with Crippen molar-refractivity contribution in [3.8, 4) is 17.2 Å². The first kappa shape index (κ1) is 18.3. The zero-order chi connectivity index (χ0) is 17.6. The number of para-hydroxylation sites is 1. The van der Waals surface area contributed by atoms with Crippen molar-refractivity contribution >= 4 is 10.1 Å². The molecule has 0 aliphatic heterocycles. The SMILES string of the molecule is CCCCCCc1ccc(O)cc1Oc1ccccc1S(=O)(=O)O. The lowest BCUT2D eigenvalue weighted by molar-refractivity contribution is 0.436. The summed E-state index contributed by atoms with van der Waals surface area (Å²) in [6, 6.07) is 10.7. The second kappa shape index (κ2) is 8.17. The minimum Gasteiger partial charge on any atom is -0.508 e. The summed E-state index contributed by atoms with van der Waals surface area (Å²) in [6.07, 6.45) is 5.14. The van der Waals surface area contributed by atoms with Crippen LogP contribution in [-0.2, 0) is 16.5 Å². The van der Waals surface area contributed by atoms with E-state index in [0.717, 1.165) is 37.7 Å². The lowest BCUT2D eigenvalue weighted by Gasteiger charge is -2.13. The van der Waals surface area contributed by atoms with Crippen LogP contribution in [0.4, 0.5) is 0 Å². The average Bonchev–Trinajstić information content (AvgIpc) is 2.53. The molecule has 0 saturated carbocycles. The molecule has 0 atom stereocenters. The van der Waals surface area contributed by atoms with Gasteiger partial charge in [0.1, 0.15) is 22.1 Å². The summed E-state index contributed by atoms with van der Waals surface area (Å²) >= 11 is 0. The summed E-state index contributed by atoms with van der Waals surface area (Å²) in [7, 11) is -4.39. The number of rotatable bonds is 8. The van der Waals surface area contributed by atoms with Gasteiger partial charge < -0.3 is 9.84 Å². The van der Waals surface area contributed by atoms with E-state index in [-0.39, 0.29) is 16.4 Å². The highest BCUT2D eigenvalue weighted by molar-refractivity contribution is 7.86. The smallest absolute Gasteiger partial charge is 0.298 e. The molecule has 0 unspecified atom stereocenters. The van der Waals surface area contributed by atoms with Gasteiger partial charge in [-0.3, -0.25) is 4.55 Å². The van der Waals surface area contributed by atoms with Crippen LogP contribution < -0.4 is 4.74 Å². The Morgan fingerprint density at radius 1 is 1.00 bits per heavy atom. The second-order valence-corrected chi connectivity index (χ2v) is 7.02. The summed E-state index contributed by atoms with van der Waals surface area (Å²) in [5.41, 5.74) is 0.883. The first-order valence-electron chi connectivity index (χ1n) is 7.98. The number of aromatic hydroxyl groups is 1. The van der Waals surface area contributed by atoms with Crippen LogP contribution in [0.15, 0.2) is 47.4 Å². The molecule has 2 aromatic carbocycles. The van der Waals surface area contributed by atoms with Gasteiger partial charge in [-0.2, -0.15) is 8.42 Å². The van der Waals surface area contributed by atoms with Gasteiger partial charge in [-0.1, -0.05) is 44.4 Å². The van der Waals surface area contributed by atoms with Gasteiger partial charge in [0.05, 0.1) is 0 Å². The molecule has 0 amide bonds. The number of phenolic OH excluding ortho intramolecular Hbond substituents is 1. The maximum absolute atomic E-state index is 11.5. The molecule has 0 heterocycles. The summed E-state index contributed by atoms with van der Waals surface area (Å²) < 4.78 is 38.0. The first-order valence-corrected chi connectivity index (χ1v) is 9.42. The lowest BCUT2D eigenvalue weighted by atomic mass is 10.1. The molecule has 0 aromatic heterocycles. The fourth-order valence-corrected chi connectivity index (χ4v) is 3.07. The van der Waals surface area contributed by atoms with Crippen LogP contribution >= 0.6 is 0 Å². The van der Waals surface area contributed by atoms with Crippen molar-refractivity contribution in [3.63, 3.8) is 0 Å². The number of unbranched alkanes of at least 4 members (excludes halogenated alkanes) is 3. The van der Waals surface area contributed by atoms with Gasteiger partial charge in [0, 0.05) is 6.07 Å². The molecule has 6 heteroatoms. The van der Waals surface area contributed by atoms with Crippen molar-refractivity contribution in [3.05, 3.63) is 48.0 Å². The number of ether oxygens (including phenoxy) is 1. The van der Waals surface area contributed by atoms with Crippen LogP contribution in [0, 0.1) is 0 Å². The van der Waals surface area contributed by atoms with Gasteiger partial charge in [-0.05, 0) is 36.6 Å². The zero-order valence-electron chi connectivity index (χ0n) is 13.6. The molecule has 2 aromatic rings. The van der Waals surface area contributed by atoms with Crippen molar-refractivity contribution in [2.45, 2.75) is 43.9 Å². The fraction of sp³-hybridized carbons (Fsp3) is 0.333. The van der Waals surface area contributed by atoms with E-state index in [2.05, 4.69) is 6.92 Å². The summed E-state index contributed by atoms with van der Waals surface area (Å²) in [5, 5.41) is 9.71. The van der Waals surface area contributed by atoms with Gasteiger partial charge in [0.25, 0.3) is 10.1 Å². The Hall–Kier alpha value is -2.05. The average molecular weight is 350 g/mol. The van der Waals surface area contributed by atoms with Crippen molar-refractivity contribution in [2.24, 2.45) is 0 Å². The maximum Gasteiger partial charge on any atom is 0.298 e. The van der Waals surface area contributed by atoms with E-state index in [9.17, 15) is 18.1 Å². The Bertz CT molecular complexity index is 784. The molecule has 0 aliphatic rings. The quantitative estimate of drug-likeness (QED) is 0.539. The van der Waals surface area contributed by atoms with Crippen molar-refractivity contribution in [2.75, 3.05) is 0 Å². The van der Waals surface area contributed by atoms with Gasteiger partial charge in [-0.15, -0.1) is 0 Å². The van der Waals surface area contributed by atoms with Gasteiger partial charge in [-0.25, -0.2) is 0 Å². The third-order valence-electron chi connectivity index (χ3n) is 3.70. The Morgan fingerprint density at radius 2 is 1.75 bits per heavy atom. The molecule has 130 valence electrons. The molecular formula is C18H22O5S. The molecule has 0 fully saturated rings. The molecule has 2 N–H and O–H groups in total. The van der Waals surface area contributed by atoms with Crippen LogP contribution in [-0.4, -0.2) is 18.1 Å². The highest BCUT2D eigenvalue weighted by Crippen LogP contribution is 2.33. The second-order valence-electron chi connectivity index (χ2n) is 5.63. The summed E-state index contributed by atoms with van der Waals surface area (Å²) in [5.74, 6) is 0.453. The van der Waals surface area contributed by atoms with E-state index in [0.29, 0.717) is 5.75 Å². The highest BCUT2D eigenvalue weighted by atomic mass is 32.2. The van der Waals surface area contributed by atoms with Crippen LogP contribution in [0.1, 0.15) is 38.2 Å². The van der Waals surface area contributed by atoms with E-state index in [1.165, 1.54) is 24.3 Å². The van der Waals surface area contributed by atoms with Crippen molar-refractivity contribution in [1.29, 1.82) is 0 Å². The molecule has 0 bridgehead atoms. The predicted octanol–water partition coefficient (Wildman–Crippen LogP) is 4.55. The highest BCUT2D eigenvalue weighted by Gasteiger charge is 2.17. The Morgan fingerprint density at radius 3 is 2.46 bits per heavy atom. The number of hydrogen-bond donors (Lipinski definition) is 2. The van der Waals surface area contributed by atoms with Crippen molar-refractivity contribution in [1.82, 2.24) is 0 Å². The standard InChI is InChI=1S/C18H22O5S/c1-2-3-4-5-8-14-11-12-15(19)13-17(14)23-16-9-6-7-10-18(16)24(20,21)22/h6-7,9-13,19H,2-5,8H2,1H3,(H,20,21,22). The number of hydrogen-bond acceptors (Lipinski definition) is 4. The monoisotopic (exact) mass is 350 g/mol. The molecule has 5 nitrogen and oxygen atoms in total. The van der Waals surface area contributed by atoms with Gasteiger partial charge in [0.2, 0.25) is 0 Å². The third kappa shape index (κ3) is 4.97. The van der Waals surface area contributed by atoms with E-state index in [4.69, 9.17) is 4.74 Å². The largest absolute Gasteiger partial charge is 0.508 e. The number of aryl methyl sites for hydroxylation is 1. The van der Waals surface area contributed by atoms with Gasteiger partial charge in [0.15, 0.2) is 0 Å². The molecule has 0 saturated heterocycles. The van der Waals surface area contributed by atoms with E-state index in [1.807, 2.05) is 0 Å². The normalized spacial score (nSPS) is 11.4. The Balaban J connectivity index is 2.28. The molecule has 0 radical (unpaired) electrons. The molecular weight excluding hydrogens is 328 g/mol. The fourth-order valence-electron chi connectivity index (χ4n) is 2.45.